The van der Waals surface area contributed by atoms with Crippen LogP contribution in [0, 0.1) is 18.8 Å². The van der Waals surface area contributed by atoms with Crippen LogP contribution in [0.25, 0.3) is 0 Å². The molecule has 0 heterocycles. The van der Waals surface area contributed by atoms with Gasteiger partial charge in [0.05, 0.1) is 5.56 Å². The van der Waals surface area contributed by atoms with Crippen LogP contribution < -0.4 is 11.1 Å². The Morgan fingerprint density at radius 3 is 2.75 bits per heavy atom. The number of anilines is 1. The van der Waals surface area contributed by atoms with Crippen molar-refractivity contribution in [3.05, 3.63) is 29.3 Å². The summed E-state index contributed by atoms with van der Waals surface area (Å²) in [5, 5.41) is 12.4. The predicted octanol–water partition coefficient (Wildman–Crippen LogP) is 2.11. The molecule has 1 aliphatic carbocycles. The van der Waals surface area contributed by atoms with Gasteiger partial charge < -0.3 is 16.2 Å². The van der Waals surface area contributed by atoms with Crippen molar-refractivity contribution in [2.45, 2.75) is 32.6 Å². The van der Waals surface area contributed by atoms with Crippen LogP contribution in [0.1, 0.15) is 41.6 Å². The number of carbonyl (C=O) groups is 1. The molecule has 1 amide bonds. The lowest BCUT2D eigenvalue weighted by molar-refractivity contribution is 0.0910. The zero-order valence-corrected chi connectivity index (χ0v) is 12.1. The minimum absolute atomic E-state index is 0.117. The number of amides is 1. The molecule has 1 aromatic carbocycles. The van der Waals surface area contributed by atoms with Crippen LogP contribution in [-0.2, 0) is 0 Å². The SMILES string of the molecule is Cc1ccc(N)c(C(=O)NCC2CCCCC2CO)c1. The van der Waals surface area contributed by atoms with Crippen LogP contribution in [0.15, 0.2) is 18.2 Å². The van der Waals surface area contributed by atoms with Crippen molar-refractivity contribution >= 4 is 11.6 Å². The quantitative estimate of drug-likeness (QED) is 0.737. The number of carbonyl (C=O) groups excluding carboxylic acids is 1. The monoisotopic (exact) mass is 276 g/mol. The Balaban J connectivity index is 1.96. The number of aliphatic hydroxyl groups excluding tert-OH is 1. The molecule has 1 aromatic rings. The first-order chi connectivity index (χ1) is 9.61. The van der Waals surface area contributed by atoms with Crippen LogP contribution in [0.5, 0.6) is 0 Å². The van der Waals surface area contributed by atoms with Crippen LogP contribution in [-0.4, -0.2) is 24.2 Å². The lowest BCUT2D eigenvalue weighted by atomic mass is 9.79. The molecule has 2 unspecified atom stereocenters. The number of aryl methyl sites for hydroxylation is 1. The van der Waals surface area contributed by atoms with Crippen LogP contribution >= 0.6 is 0 Å². The van der Waals surface area contributed by atoms with E-state index in [1.54, 1.807) is 6.07 Å². The first-order valence-electron chi connectivity index (χ1n) is 7.37. The van der Waals surface area contributed by atoms with Crippen molar-refractivity contribution in [1.82, 2.24) is 5.32 Å². The Labute approximate surface area is 120 Å². The molecule has 0 aromatic heterocycles. The van der Waals surface area contributed by atoms with E-state index in [0.29, 0.717) is 29.6 Å². The molecule has 0 spiro atoms. The molecule has 0 saturated heterocycles. The molecular weight excluding hydrogens is 252 g/mol. The second kappa shape index (κ2) is 6.75. The fourth-order valence-electron chi connectivity index (χ4n) is 2.98. The van der Waals surface area contributed by atoms with Gasteiger partial charge in [0.2, 0.25) is 0 Å². The summed E-state index contributed by atoms with van der Waals surface area (Å²) in [6, 6.07) is 5.48. The smallest absolute Gasteiger partial charge is 0.253 e. The topological polar surface area (TPSA) is 75.4 Å². The highest BCUT2D eigenvalue weighted by Crippen LogP contribution is 2.29. The molecular formula is C16H24N2O2. The van der Waals surface area contributed by atoms with Crippen molar-refractivity contribution in [2.75, 3.05) is 18.9 Å². The highest BCUT2D eigenvalue weighted by atomic mass is 16.3. The van der Waals surface area contributed by atoms with Gasteiger partial charge in [-0.25, -0.2) is 0 Å². The zero-order valence-electron chi connectivity index (χ0n) is 12.1. The van der Waals surface area contributed by atoms with Crippen molar-refractivity contribution in [3.8, 4) is 0 Å². The first kappa shape index (κ1) is 14.9. The number of nitrogens with two attached hydrogens (primary N) is 1. The van der Waals surface area contributed by atoms with E-state index in [-0.39, 0.29) is 12.5 Å². The largest absolute Gasteiger partial charge is 0.398 e. The number of aliphatic hydroxyl groups is 1. The maximum absolute atomic E-state index is 12.2. The summed E-state index contributed by atoms with van der Waals surface area (Å²) >= 11 is 0. The van der Waals surface area contributed by atoms with Gasteiger partial charge in [-0.1, -0.05) is 24.5 Å². The summed E-state index contributed by atoms with van der Waals surface area (Å²) in [5.74, 6) is 0.580. The molecule has 110 valence electrons. The number of nitrogen functional groups attached to an aromatic ring is 1. The molecule has 2 rings (SSSR count). The maximum atomic E-state index is 12.2. The van der Waals surface area contributed by atoms with E-state index >= 15 is 0 Å². The molecule has 20 heavy (non-hydrogen) atoms. The van der Waals surface area contributed by atoms with Gasteiger partial charge in [-0.2, -0.15) is 0 Å². The highest BCUT2D eigenvalue weighted by molar-refractivity contribution is 5.99. The highest BCUT2D eigenvalue weighted by Gasteiger charge is 2.25. The Bertz CT molecular complexity index is 474. The van der Waals surface area contributed by atoms with Gasteiger partial charge in [0, 0.05) is 18.8 Å². The van der Waals surface area contributed by atoms with Gasteiger partial charge in [-0.05, 0) is 43.7 Å². The zero-order chi connectivity index (χ0) is 14.5. The Kier molecular flexibility index (Phi) is 5.01. The number of hydrogen-bond acceptors (Lipinski definition) is 3. The molecule has 1 fully saturated rings. The fourth-order valence-corrected chi connectivity index (χ4v) is 2.98. The average molecular weight is 276 g/mol. The van der Waals surface area contributed by atoms with Crippen molar-refractivity contribution in [3.63, 3.8) is 0 Å². The van der Waals surface area contributed by atoms with Crippen LogP contribution in [0.3, 0.4) is 0 Å². The van der Waals surface area contributed by atoms with E-state index in [1.165, 1.54) is 12.8 Å². The molecule has 2 atom stereocenters. The minimum Gasteiger partial charge on any atom is -0.398 e. The Morgan fingerprint density at radius 1 is 1.35 bits per heavy atom. The van der Waals surface area contributed by atoms with E-state index in [9.17, 15) is 9.90 Å². The molecule has 0 aliphatic heterocycles. The van der Waals surface area contributed by atoms with E-state index in [0.717, 1.165) is 18.4 Å². The lowest BCUT2D eigenvalue weighted by Gasteiger charge is -2.30. The van der Waals surface area contributed by atoms with E-state index in [2.05, 4.69) is 5.32 Å². The summed E-state index contributed by atoms with van der Waals surface area (Å²) in [7, 11) is 0. The second-order valence-corrected chi connectivity index (χ2v) is 5.79. The summed E-state index contributed by atoms with van der Waals surface area (Å²) < 4.78 is 0. The fraction of sp³-hybridized carbons (Fsp3) is 0.562. The molecule has 1 aliphatic rings. The molecule has 1 saturated carbocycles. The third-order valence-corrected chi connectivity index (χ3v) is 4.28. The minimum atomic E-state index is -0.117. The maximum Gasteiger partial charge on any atom is 0.253 e. The van der Waals surface area contributed by atoms with E-state index in [4.69, 9.17) is 5.73 Å². The molecule has 4 N–H and O–H groups in total. The molecule has 0 radical (unpaired) electrons. The van der Waals surface area contributed by atoms with Gasteiger partial charge in [-0.15, -0.1) is 0 Å². The van der Waals surface area contributed by atoms with Crippen molar-refractivity contribution in [2.24, 2.45) is 11.8 Å². The number of benzene rings is 1. The molecule has 4 heteroatoms. The van der Waals surface area contributed by atoms with Crippen molar-refractivity contribution < 1.29 is 9.90 Å². The molecule has 0 bridgehead atoms. The number of rotatable bonds is 4. The van der Waals surface area contributed by atoms with Gasteiger partial charge in [0.1, 0.15) is 0 Å². The normalized spacial score (nSPS) is 22.5. The predicted molar refractivity (Wildman–Crippen MR) is 80.5 cm³/mol. The first-order valence-corrected chi connectivity index (χ1v) is 7.37. The van der Waals surface area contributed by atoms with Gasteiger partial charge in [0.15, 0.2) is 0 Å². The van der Waals surface area contributed by atoms with Gasteiger partial charge in [0.25, 0.3) is 5.91 Å². The average Bonchev–Trinajstić information content (AvgIpc) is 2.47. The second-order valence-electron chi connectivity index (χ2n) is 5.79. The van der Waals surface area contributed by atoms with Gasteiger partial charge in [-0.3, -0.25) is 4.79 Å². The van der Waals surface area contributed by atoms with Gasteiger partial charge >= 0.3 is 0 Å². The third kappa shape index (κ3) is 3.51. The summed E-state index contributed by atoms with van der Waals surface area (Å²) in [6.45, 7) is 2.78. The van der Waals surface area contributed by atoms with Crippen molar-refractivity contribution in [1.29, 1.82) is 0 Å². The Morgan fingerprint density at radius 2 is 2.05 bits per heavy atom. The standard InChI is InChI=1S/C16H24N2O2/c1-11-6-7-15(17)14(8-11)16(20)18-9-12-4-2-3-5-13(12)10-19/h6-8,12-13,19H,2-5,9-10,17H2,1H3,(H,18,20). The van der Waals surface area contributed by atoms with Crippen LogP contribution in [0.2, 0.25) is 0 Å². The summed E-state index contributed by atoms with van der Waals surface area (Å²) in [5.41, 5.74) is 7.93. The third-order valence-electron chi connectivity index (χ3n) is 4.28. The number of nitrogens with one attached hydrogen (secondary N) is 1. The molecule has 4 nitrogen and oxygen atoms in total. The van der Waals surface area contributed by atoms with E-state index < -0.39 is 0 Å². The lowest BCUT2D eigenvalue weighted by Crippen LogP contribution is -2.35. The summed E-state index contributed by atoms with van der Waals surface area (Å²) in [6.07, 6.45) is 4.50. The number of hydrogen-bond donors (Lipinski definition) is 3. The van der Waals surface area contributed by atoms with Crippen LogP contribution in [0.4, 0.5) is 5.69 Å². The van der Waals surface area contributed by atoms with E-state index in [1.807, 2.05) is 19.1 Å². The Hall–Kier alpha value is -1.55. The summed E-state index contributed by atoms with van der Waals surface area (Å²) in [4.78, 5) is 12.2.